The molecule has 2 aromatic rings. The molecule has 0 aliphatic carbocycles. The second kappa shape index (κ2) is 3.70. The van der Waals surface area contributed by atoms with Gasteiger partial charge >= 0.3 is 0 Å². The van der Waals surface area contributed by atoms with Crippen LogP contribution in [0.5, 0.6) is 5.75 Å². The summed E-state index contributed by atoms with van der Waals surface area (Å²) in [6.07, 6.45) is 0. The predicted molar refractivity (Wildman–Crippen MR) is 55.7 cm³/mol. The molecule has 2 rings (SSSR count). The molecule has 0 unspecified atom stereocenters. The molecule has 1 heterocycles. The fourth-order valence-corrected chi connectivity index (χ4v) is 1.42. The van der Waals surface area contributed by atoms with Crippen LogP contribution in [0.1, 0.15) is 11.4 Å². The van der Waals surface area contributed by atoms with E-state index in [9.17, 15) is 5.11 Å². The SMILES string of the molecule is Cc1c(CN)nnn1-c1cccc(O)c1. The first kappa shape index (κ1) is 9.67. The Hall–Kier alpha value is -1.88. The highest BCUT2D eigenvalue weighted by molar-refractivity contribution is 5.39. The highest BCUT2D eigenvalue weighted by Gasteiger charge is 2.08. The molecular weight excluding hydrogens is 192 g/mol. The van der Waals surface area contributed by atoms with Crippen molar-refractivity contribution in [1.82, 2.24) is 15.0 Å². The molecule has 0 aliphatic rings. The quantitative estimate of drug-likeness (QED) is 0.756. The lowest BCUT2D eigenvalue weighted by molar-refractivity contribution is 0.474. The van der Waals surface area contributed by atoms with Gasteiger partial charge in [-0.3, -0.25) is 0 Å². The number of rotatable bonds is 2. The van der Waals surface area contributed by atoms with Crippen molar-refractivity contribution in [2.24, 2.45) is 5.73 Å². The van der Waals surface area contributed by atoms with E-state index in [1.54, 1.807) is 22.9 Å². The van der Waals surface area contributed by atoms with E-state index in [1.807, 2.05) is 13.0 Å². The lowest BCUT2D eigenvalue weighted by Crippen LogP contribution is -2.01. The standard InChI is InChI=1S/C10H12N4O/c1-7-10(6-11)12-13-14(7)8-3-2-4-9(15)5-8/h2-5,15H,6,11H2,1H3. The molecule has 0 aliphatic heterocycles. The van der Waals surface area contributed by atoms with Crippen molar-refractivity contribution in [3.63, 3.8) is 0 Å². The molecular formula is C10H12N4O. The lowest BCUT2D eigenvalue weighted by atomic mass is 10.3. The van der Waals surface area contributed by atoms with Gasteiger partial charge in [0.15, 0.2) is 0 Å². The molecule has 0 saturated heterocycles. The van der Waals surface area contributed by atoms with Crippen molar-refractivity contribution in [3.05, 3.63) is 35.7 Å². The topological polar surface area (TPSA) is 77.0 Å². The Morgan fingerprint density at radius 2 is 2.27 bits per heavy atom. The van der Waals surface area contributed by atoms with Crippen LogP contribution < -0.4 is 5.73 Å². The summed E-state index contributed by atoms with van der Waals surface area (Å²) in [4.78, 5) is 0. The minimum absolute atomic E-state index is 0.205. The van der Waals surface area contributed by atoms with Crippen LogP contribution in [0.2, 0.25) is 0 Å². The number of hydrogen-bond acceptors (Lipinski definition) is 4. The first-order valence-electron chi connectivity index (χ1n) is 4.63. The molecule has 5 nitrogen and oxygen atoms in total. The Balaban J connectivity index is 2.49. The Labute approximate surface area is 87.1 Å². The van der Waals surface area contributed by atoms with Gasteiger partial charge in [0.05, 0.1) is 17.1 Å². The third-order valence-electron chi connectivity index (χ3n) is 2.26. The van der Waals surface area contributed by atoms with Gasteiger partial charge < -0.3 is 10.8 Å². The zero-order valence-corrected chi connectivity index (χ0v) is 8.38. The van der Waals surface area contributed by atoms with Gasteiger partial charge in [0.1, 0.15) is 5.75 Å². The van der Waals surface area contributed by atoms with Crippen molar-refractivity contribution >= 4 is 0 Å². The van der Waals surface area contributed by atoms with Crippen LogP contribution in [0.25, 0.3) is 5.69 Å². The molecule has 0 saturated carbocycles. The maximum Gasteiger partial charge on any atom is 0.117 e. The number of phenolic OH excluding ortho intramolecular Hbond substituents is 1. The molecule has 5 heteroatoms. The Bertz CT molecular complexity index is 478. The van der Waals surface area contributed by atoms with Crippen molar-refractivity contribution in [2.45, 2.75) is 13.5 Å². The van der Waals surface area contributed by atoms with Crippen molar-refractivity contribution < 1.29 is 5.11 Å². The molecule has 3 N–H and O–H groups in total. The zero-order valence-electron chi connectivity index (χ0n) is 8.38. The number of benzene rings is 1. The third kappa shape index (κ3) is 1.69. The molecule has 0 spiro atoms. The van der Waals surface area contributed by atoms with Crippen LogP contribution in [0.15, 0.2) is 24.3 Å². The maximum atomic E-state index is 9.34. The van der Waals surface area contributed by atoms with E-state index < -0.39 is 0 Å². The number of hydrogen-bond donors (Lipinski definition) is 2. The van der Waals surface area contributed by atoms with Crippen molar-refractivity contribution in [2.75, 3.05) is 0 Å². The average Bonchev–Trinajstić information content (AvgIpc) is 2.59. The van der Waals surface area contributed by atoms with Crippen molar-refractivity contribution in [1.29, 1.82) is 0 Å². The highest BCUT2D eigenvalue weighted by atomic mass is 16.3. The van der Waals surface area contributed by atoms with E-state index >= 15 is 0 Å². The largest absolute Gasteiger partial charge is 0.508 e. The Morgan fingerprint density at radius 1 is 1.47 bits per heavy atom. The van der Waals surface area contributed by atoms with Crippen LogP contribution in [-0.4, -0.2) is 20.1 Å². The number of aromatic nitrogens is 3. The van der Waals surface area contributed by atoms with Gasteiger partial charge in [-0.15, -0.1) is 5.10 Å². The summed E-state index contributed by atoms with van der Waals surface area (Å²) in [7, 11) is 0. The van der Waals surface area contributed by atoms with Gasteiger partial charge in [0.2, 0.25) is 0 Å². The van der Waals surface area contributed by atoms with E-state index in [0.29, 0.717) is 6.54 Å². The van der Waals surface area contributed by atoms with Crippen LogP contribution in [0, 0.1) is 6.92 Å². The lowest BCUT2D eigenvalue weighted by Gasteiger charge is -2.03. The monoisotopic (exact) mass is 204 g/mol. The van der Waals surface area contributed by atoms with E-state index in [2.05, 4.69) is 10.3 Å². The van der Waals surface area contributed by atoms with Crippen LogP contribution >= 0.6 is 0 Å². The smallest absolute Gasteiger partial charge is 0.117 e. The van der Waals surface area contributed by atoms with E-state index in [4.69, 9.17) is 5.73 Å². The summed E-state index contributed by atoms with van der Waals surface area (Å²) in [5.41, 5.74) is 7.94. The number of aromatic hydroxyl groups is 1. The summed E-state index contributed by atoms with van der Waals surface area (Å²) in [5, 5.41) is 17.3. The summed E-state index contributed by atoms with van der Waals surface area (Å²) < 4.78 is 1.65. The molecule has 0 atom stereocenters. The van der Waals surface area contributed by atoms with Crippen molar-refractivity contribution in [3.8, 4) is 11.4 Å². The van der Waals surface area contributed by atoms with Crippen LogP contribution in [0.4, 0.5) is 0 Å². The fourth-order valence-electron chi connectivity index (χ4n) is 1.42. The second-order valence-corrected chi connectivity index (χ2v) is 3.26. The number of nitrogens with two attached hydrogens (primary N) is 1. The predicted octanol–water partition coefficient (Wildman–Crippen LogP) is 0.740. The summed E-state index contributed by atoms with van der Waals surface area (Å²) in [6.45, 7) is 2.26. The number of nitrogens with zero attached hydrogens (tertiary/aromatic N) is 3. The van der Waals surface area contributed by atoms with Gasteiger partial charge in [-0.1, -0.05) is 11.3 Å². The summed E-state index contributed by atoms with van der Waals surface area (Å²) in [6, 6.07) is 6.84. The molecule has 15 heavy (non-hydrogen) atoms. The molecule has 0 bridgehead atoms. The average molecular weight is 204 g/mol. The first-order valence-corrected chi connectivity index (χ1v) is 4.63. The van der Waals surface area contributed by atoms with Gasteiger partial charge in [-0.2, -0.15) is 0 Å². The minimum Gasteiger partial charge on any atom is -0.508 e. The second-order valence-electron chi connectivity index (χ2n) is 3.26. The first-order chi connectivity index (χ1) is 7.22. The zero-order chi connectivity index (χ0) is 10.8. The van der Waals surface area contributed by atoms with E-state index in [-0.39, 0.29) is 5.75 Å². The minimum atomic E-state index is 0.205. The Kier molecular flexibility index (Phi) is 2.39. The third-order valence-corrected chi connectivity index (χ3v) is 2.26. The summed E-state index contributed by atoms with van der Waals surface area (Å²) in [5.74, 6) is 0.205. The van der Waals surface area contributed by atoms with Crippen LogP contribution in [-0.2, 0) is 6.54 Å². The van der Waals surface area contributed by atoms with Gasteiger partial charge in [0, 0.05) is 12.6 Å². The van der Waals surface area contributed by atoms with Gasteiger partial charge in [0.25, 0.3) is 0 Å². The highest BCUT2D eigenvalue weighted by Crippen LogP contribution is 2.16. The van der Waals surface area contributed by atoms with E-state index in [0.717, 1.165) is 17.1 Å². The fraction of sp³-hybridized carbons (Fsp3) is 0.200. The maximum absolute atomic E-state index is 9.34. The molecule has 0 radical (unpaired) electrons. The van der Waals surface area contributed by atoms with E-state index in [1.165, 1.54) is 0 Å². The molecule has 1 aromatic heterocycles. The van der Waals surface area contributed by atoms with Crippen LogP contribution in [0.3, 0.4) is 0 Å². The Morgan fingerprint density at radius 3 is 2.87 bits per heavy atom. The van der Waals surface area contributed by atoms with Gasteiger partial charge in [-0.05, 0) is 19.1 Å². The molecule has 78 valence electrons. The summed E-state index contributed by atoms with van der Waals surface area (Å²) >= 11 is 0. The molecule has 1 aromatic carbocycles. The number of phenols is 1. The molecule has 0 fully saturated rings. The normalized spacial score (nSPS) is 10.5. The molecule has 0 amide bonds. The van der Waals surface area contributed by atoms with Gasteiger partial charge in [-0.25, -0.2) is 4.68 Å².